The molecule has 0 aliphatic heterocycles. The molecule has 0 saturated heterocycles. The molecule has 2 N–H and O–H groups in total. The summed E-state index contributed by atoms with van der Waals surface area (Å²) >= 11 is 1.52. The summed E-state index contributed by atoms with van der Waals surface area (Å²) in [6, 6.07) is 0. The molecule has 2 aromatic heterocycles. The van der Waals surface area contributed by atoms with Crippen molar-refractivity contribution in [2.75, 3.05) is 5.73 Å². The summed E-state index contributed by atoms with van der Waals surface area (Å²) < 4.78 is 1.81. The van der Waals surface area contributed by atoms with Crippen LogP contribution in [0, 0.1) is 6.92 Å². The van der Waals surface area contributed by atoms with Crippen LogP contribution in [0.2, 0.25) is 0 Å². The lowest BCUT2D eigenvalue weighted by Gasteiger charge is -1.96. The maximum atomic E-state index is 5.93. The van der Waals surface area contributed by atoms with Gasteiger partial charge in [-0.1, -0.05) is 6.92 Å². The van der Waals surface area contributed by atoms with Gasteiger partial charge in [0.2, 0.25) is 0 Å². The molecule has 0 bridgehead atoms. The fraction of sp³-hybridized carbons (Fsp3) is 0.400. The number of hydrogen-bond donors (Lipinski definition) is 1. The summed E-state index contributed by atoms with van der Waals surface area (Å²) in [6.07, 6.45) is 2.87. The van der Waals surface area contributed by atoms with E-state index in [9.17, 15) is 0 Å². The van der Waals surface area contributed by atoms with Crippen LogP contribution in [0.4, 0.5) is 5.00 Å². The summed E-state index contributed by atoms with van der Waals surface area (Å²) in [5.41, 5.74) is 8.91. The van der Waals surface area contributed by atoms with Gasteiger partial charge in [0, 0.05) is 18.8 Å². The predicted molar refractivity (Wildman–Crippen MR) is 62.8 cm³/mol. The van der Waals surface area contributed by atoms with Crippen LogP contribution in [0.3, 0.4) is 0 Å². The Morgan fingerprint density at radius 2 is 2.27 bits per heavy atom. The molecule has 80 valence electrons. The third-order valence-electron chi connectivity index (χ3n) is 2.26. The van der Waals surface area contributed by atoms with Gasteiger partial charge in [0.15, 0.2) is 0 Å². The van der Waals surface area contributed by atoms with Crippen molar-refractivity contribution in [2.24, 2.45) is 7.05 Å². The lowest BCUT2D eigenvalue weighted by Crippen LogP contribution is -1.90. The van der Waals surface area contributed by atoms with Crippen molar-refractivity contribution in [3.05, 3.63) is 16.9 Å². The molecule has 0 saturated carbocycles. The largest absolute Gasteiger partial charge is 0.389 e. The highest BCUT2D eigenvalue weighted by Gasteiger charge is 2.14. The van der Waals surface area contributed by atoms with Crippen molar-refractivity contribution in [1.82, 2.24) is 14.8 Å². The maximum Gasteiger partial charge on any atom is 0.114 e. The topological polar surface area (TPSA) is 56.7 Å². The smallest absolute Gasteiger partial charge is 0.114 e. The van der Waals surface area contributed by atoms with Gasteiger partial charge in [-0.3, -0.25) is 4.68 Å². The standard InChI is InChI=1S/C10H14N4S/c1-4-8-7(5-14(3)13-8)9-10(11)15-6(2)12-9/h5H,4,11H2,1-3H3. The summed E-state index contributed by atoms with van der Waals surface area (Å²) in [5, 5.41) is 6.15. The lowest BCUT2D eigenvalue weighted by atomic mass is 10.1. The second-order valence-corrected chi connectivity index (χ2v) is 4.70. The molecule has 15 heavy (non-hydrogen) atoms. The van der Waals surface area contributed by atoms with Crippen molar-refractivity contribution >= 4 is 16.3 Å². The Bertz CT molecular complexity index is 484. The number of aryl methyl sites for hydroxylation is 3. The molecular weight excluding hydrogens is 208 g/mol. The first-order valence-electron chi connectivity index (χ1n) is 4.87. The molecule has 0 radical (unpaired) electrons. The quantitative estimate of drug-likeness (QED) is 0.845. The van der Waals surface area contributed by atoms with Gasteiger partial charge in [0.05, 0.1) is 10.7 Å². The third-order valence-corrected chi connectivity index (χ3v) is 3.06. The van der Waals surface area contributed by atoms with E-state index in [1.165, 1.54) is 11.3 Å². The average molecular weight is 222 g/mol. The first kappa shape index (κ1) is 10.2. The molecule has 2 heterocycles. The molecule has 4 nitrogen and oxygen atoms in total. The highest BCUT2D eigenvalue weighted by Crippen LogP contribution is 2.31. The lowest BCUT2D eigenvalue weighted by molar-refractivity contribution is 0.746. The van der Waals surface area contributed by atoms with Crippen LogP contribution in [-0.4, -0.2) is 14.8 Å². The van der Waals surface area contributed by atoms with Crippen molar-refractivity contribution in [2.45, 2.75) is 20.3 Å². The van der Waals surface area contributed by atoms with Crippen LogP contribution in [0.15, 0.2) is 6.20 Å². The minimum atomic E-state index is 0.773. The van der Waals surface area contributed by atoms with Gasteiger partial charge < -0.3 is 5.73 Å². The van der Waals surface area contributed by atoms with Gasteiger partial charge >= 0.3 is 0 Å². The minimum absolute atomic E-state index is 0.773. The second kappa shape index (κ2) is 3.66. The predicted octanol–water partition coefficient (Wildman–Crippen LogP) is 2.00. The van der Waals surface area contributed by atoms with Gasteiger partial charge in [0.1, 0.15) is 10.7 Å². The van der Waals surface area contributed by atoms with E-state index in [1.54, 1.807) is 0 Å². The Hall–Kier alpha value is -1.36. The molecule has 0 fully saturated rings. The summed E-state index contributed by atoms with van der Waals surface area (Å²) in [7, 11) is 1.91. The Kier molecular flexibility index (Phi) is 2.48. The number of aromatic nitrogens is 3. The van der Waals surface area contributed by atoms with Crippen molar-refractivity contribution in [3.63, 3.8) is 0 Å². The fourth-order valence-electron chi connectivity index (χ4n) is 1.63. The molecule has 0 spiro atoms. The van der Waals surface area contributed by atoms with Crippen LogP contribution < -0.4 is 5.73 Å². The fourth-order valence-corrected chi connectivity index (χ4v) is 2.34. The van der Waals surface area contributed by atoms with Crippen LogP contribution in [-0.2, 0) is 13.5 Å². The normalized spacial score (nSPS) is 10.9. The van der Waals surface area contributed by atoms with E-state index in [1.807, 2.05) is 24.9 Å². The first-order chi connectivity index (χ1) is 7.11. The van der Waals surface area contributed by atoms with Crippen LogP contribution in [0.5, 0.6) is 0 Å². The zero-order chi connectivity index (χ0) is 11.0. The molecule has 0 atom stereocenters. The SMILES string of the molecule is CCc1nn(C)cc1-c1nc(C)sc1N. The molecule has 0 aromatic carbocycles. The number of nitrogen functional groups attached to an aromatic ring is 1. The van der Waals surface area contributed by atoms with Gasteiger partial charge in [-0.15, -0.1) is 11.3 Å². The van der Waals surface area contributed by atoms with Crippen LogP contribution in [0.25, 0.3) is 11.3 Å². The number of thiazole rings is 1. The van der Waals surface area contributed by atoms with E-state index < -0.39 is 0 Å². The Morgan fingerprint density at radius 1 is 1.53 bits per heavy atom. The highest BCUT2D eigenvalue weighted by molar-refractivity contribution is 7.16. The van der Waals surface area contributed by atoms with E-state index in [4.69, 9.17) is 5.73 Å². The monoisotopic (exact) mass is 222 g/mol. The van der Waals surface area contributed by atoms with Crippen molar-refractivity contribution < 1.29 is 0 Å². The number of rotatable bonds is 2. The van der Waals surface area contributed by atoms with Gasteiger partial charge in [-0.25, -0.2) is 4.98 Å². The third kappa shape index (κ3) is 1.74. The first-order valence-corrected chi connectivity index (χ1v) is 5.69. The zero-order valence-corrected chi connectivity index (χ0v) is 9.93. The van der Waals surface area contributed by atoms with Crippen molar-refractivity contribution in [1.29, 1.82) is 0 Å². The molecular formula is C10H14N4S. The second-order valence-electron chi connectivity index (χ2n) is 3.46. The summed E-state index contributed by atoms with van der Waals surface area (Å²) in [6.45, 7) is 4.05. The van der Waals surface area contributed by atoms with Gasteiger partial charge in [-0.05, 0) is 13.3 Å². The minimum Gasteiger partial charge on any atom is -0.389 e. The Morgan fingerprint density at radius 3 is 2.80 bits per heavy atom. The molecule has 0 amide bonds. The van der Waals surface area contributed by atoms with E-state index in [0.717, 1.165) is 33.4 Å². The molecule has 0 aliphatic rings. The summed E-state index contributed by atoms with van der Waals surface area (Å²) in [4.78, 5) is 4.44. The van der Waals surface area contributed by atoms with Crippen molar-refractivity contribution in [3.8, 4) is 11.3 Å². The van der Waals surface area contributed by atoms with E-state index in [-0.39, 0.29) is 0 Å². The Labute approximate surface area is 92.8 Å². The summed E-state index contributed by atoms with van der Waals surface area (Å²) in [5.74, 6) is 0. The number of hydrogen-bond acceptors (Lipinski definition) is 4. The van der Waals surface area contributed by atoms with E-state index >= 15 is 0 Å². The highest BCUT2D eigenvalue weighted by atomic mass is 32.1. The molecule has 0 aliphatic carbocycles. The molecule has 5 heteroatoms. The number of nitrogens with two attached hydrogens (primary N) is 1. The van der Waals surface area contributed by atoms with Gasteiger partial charge in [0.25, 0.3) is 0 Å². The van der Waals surface area contributed by atoms with E-state index in [2.05, 4.69) is 17.0 Å². The average Bonchev–Trinajstić information content (AvgIpc) is 2.69. The van der Waals surface area contributed by atoms with E-state index in [0.29, 0.717) is 0 Å². The van der Waals surface area contributed by atoms with Gasteiger partial charge in [-0.2, -0.15) is 5.10 Å². The Balaban J connectivity index is 2.57. The number of anilines is 1. The zero-order valence-electron chi connectivity index (χ0n) is 9.11. The maximum absolute atomic E-state index is 5.93. The molecule has 0 unspecified atom stereocenters. The molecule has 2 rings (SSSR count). The number of nitrogens with zero attached hydrogens (tertiary/aromatic N) is 3. The molecule has 2 aromatic rings. The van der Waals surface area contributed by atoms with Crippen LogP contribution >= 0.6 is 11.3 Å². The van der Waals surface area contributed by atoms with Crippen LogP contribution in [0.1, 0.15) is 17.6 Å².